The Morgan fingerprint density at radius 3 is 2.45 bits per heavy atom. The number of benzene rings is 3. The monoisotopic (exact) mass is 438 g/mol. The number of hydrogen-bond acceptors (Lipinski definition) is 5. The molecule has 0 atom stereocenters. The van der Waals surface area contributed by atoms with Gasteiger partial charge in [0.15, 0.2) is 0 Å². The number of nitrogens with zero attached hydrogens (tertiary/aromatic N) is 1. The lowest BCUT2D eigenvalue weighted by Crippen LogP contribution is -2.11. The topological polar surface area (TPSA) is 77.5 Å². The third-order valence-electron chi connectivity index (χ3n) is 5.01. The minimum atomic E-state index is -0.454. The molecule has 1 N–H and O–H groups in total. The van der Waals surface area contributed by atoms with E-state index in [4.69, 9.17) is 9.47 Å². The van der Waals surface area contributed by atoms with Crippen LogP contribution < -0.4 is 10.1 Å². The Labute approximate surface area is 191 Å². The number of aromatic nitrogens is 1. The zero-order valence-corrected chi connectivity index (χ0v) is 18.0. The van der Waals surface area contributed by atoms with Gasteiger partial charge < -0.3 is 14.8 Å². The van der Waals surface area contributed by atoms with E-state index in [-0.39, 0.29) is 12.5 Å². The van der Waals surface area contributed by atoms with Crippen molar-refractivity contribution in [2.24, 2.45) is 0 Å². The van der Waals surface area contributed by atoms with Crippen molar-refractivity contribution in [3.8, 4) is 5.75 Å². The molecule has 0 radical (unpaired) electrons. The quantitative estimate of drug-likeness (QED) is 0.315. The number of carbonyl (C=O) groups is 2. The molecule has 164 valence electrons. The maximum Gasteiger partial charge on any atom is 0.331 e. The number of methoxy groups -OCH3 is 1. The van der Waals surface area contributed by atoms with E-state index in [0.717, 1.165) is 27.8 Å². The third-order valence-corrected chi connectivity index (χ3v) is 5.01. The van der Waals surface area contributed by atoms with Crippen molar-refractivity contribution in [3.05, 3.63) is 108 Å². The number of nitrogens with one attached hydrogen (secondary N) is 1. The molecule has 4 aromatic rings. The van der Waals surface area contributed by atoms with E-state index >= 15 is 0 Å². The molecule has 1 amide bonds. The normalized spacial score (nSPS) is 10.8. The zero-order chi connectivity index (χ0) is 23.0. The minimum absolute atomic E-state index is 0.108. The molecular weight excluding hydrogens is 416 g/mol. The summed E-state index contributed by atoms with van der Waals surface area (Å²) in [4.78, 5) is 28.9. The molecule has 0 unspecified atom stereocenters. The first-order valence-electron chi connectivity index (χ1n) is 10.4. The molecule has 1 aromatic heterocycles. The first-order chi connectivity index (χ1) is 16.1. The molecule has 4 rings (SSSR count). The fourth-order valence-electron chi connectivity index (χ4n) is 3.25. The summed E-state index contributed by atoms with van der Waals surface area (Å²) < 4.78 is 10.4. The predicted octanol–water partition coefficient (Wildman–Crippen LogP) is 5.25. The molecular formula is C27H22N2O4. The lowest BCUT2D eigenvalue weighted by molar-refractivity contribution is -0.138. The van der Waals surface area contributed by atoms with Crippen LogP contribution in [0.15, 0.2) is 91.1 Å². The van der Waals surface area contributed by atoms with Crippen LogP contribution in [-0.2, 0) is 16.1 Å². The molecule has 0 aliphatic carbocycles. The average molecular weight is 438 g/mol. The Kier molecular flexibility index (Phi) is 6.75. The van der Waals surface area contributed by atoms with Gasteiger partial charge >= 0.3 is 5.97 Å². The van der Waals surface area contributed by atoms with E-state index < -0.39 is 5.97 Å². The smallest absolute Gasteiger partial charge is 0.331 e. The largest absolute Gasteiger partial charge is 0.497 e. The number of hydrogen-bond donors (Lipinski definition) is 1. The molecule has 0 fully saturated rings. The Morgan fingerprint density at radius 1 is 0.939 bits per heavy atom. The fourth-order valence-corrected chi connectivity index (χ4v) is 3.25. The van der Waals surface area contributed by atoms with Crippen LogP contribution in [-0.4, -0.2) is 24.0 Å². The summed E-state index contributed by atoms with van der Waals surface area (Å²) in [6.07, 6.45) is 4.81. The number of ether oxygens (including phenoxy) is 2. The van der Waals surface area contributed by atoms with Gasteiger partial charge in [-0.25, -0.2) is 4.79 Å². The van der Waals surface area contributed by atoms with Crippen LogP contribution in [0.4, 0.5) is 5.69 Å². The number of anilines is 1. The molecule has 0 aliphatic heterocycles. The number of rotatable bonds is 7. The molecule has 0 saturated carbocycles. The first-order valence-corrected chi connectivity index (χ1v) is 10.4. The van der Waals surface area contributed by atoms with Gasteiger partial charge in [0.1, 0.15) is 12.4 Å². The van der Waals surface area contributed by atoms with Crippen molar-refractivity contribution in [2.45, 2.75) is 6.61 Å². The van der Waals surface area contributed by atoms with Crippen LogP contribution in [0.2, 0.25) is 0 Å². The van der Waals surface area contributed by atoms with Gasteiger partial charge in [-0.05, 0) is 54.1 Å². The van der Waals surface area contributed by atoms with E-state index in [0.29, 0.717) is 11.3 Å². The van der Waals surface area contributed by atoms with Crippen LogP contribution in [0.25, 0.3) is 17.0 Å². The van der Waals surface area contributed by atoms with Crippen LogP contribution in [0.3, 0.4) is 0 Å². The van der Waals surface area contributed by atoms with E-state index in [1.54, 1.807) is 67.9 Å². The van der Waals surface area contributed by atoms with Crippen molar-refractivity contribution in [3.63, 3.8) is 0 Å². The number of amides is 1. The highest BCUT2D eigenvalue weighted by Crippen LogP contribution is 2.18. The Bertz CT molecular complexity index is 1290. The zero-order valence-electron chi connectivity index (χ0n) is 18.0. The van der Waals surface area contributed by atoms with Crippen molar-refractivity contribution in [1.29, 1.82) is 0 Å². The predicted molar refractivity (Wildman–Crippen MR) is 128 cm³/mol. The molecule has 0 bridgehead atoms. The summed E-state index contributed by atoms with van der Waals surface area (Å²) in [5.41, 5.74) is 3.63. The van der Waals surface area contributed by atoms with Gasteiger partial charge in [0, 0.05) is 34.5 Å². The minimum Gasteiger partial charge on any atom is -0.497 e. The summed E-state index contributed by atoms with van der Waals surface area (Å²) in [5, 5.41) is 3.83. The SMILES string of the molecule is COc1ccc(NC(=O)c2ccc(COC(=O)/C=C/c3cccc4cccnc34)cc2)cc1. The highest BCUT2D eigenvalue weighted by molar-refractivity contribution is 6.04. The summed E-state index contributed by atoms with van der Waals surface area (Å²) in [7, 11) is 1.59. The van der Waals surface area contributed by atoms with Crippen molar-refractivity contribution in [2.75, 3.05) is 12.4 Å². The number of esters is 1. The lowest BCUT2D eigenvalue weighted by Gasteiger charge is -2.07. The number of pyridine rings is 1. The van der Waals surface area contributed by atoms with Crippen LogP contribution in [0, 0.1) is 0 Å². The highest BCUT2D eigenvalue weighted by atomic mass is 16.5. The second-order valence-corrected chi connectivity index (χ2v) is 7.24. The third kappa shape index (κ3) is 5.62. The Balaban J connectivity index is 1.31. The maximum atomic E-state index is 12.4. The highest BCUT2D eigenvalue weighted by Gasteiger charge is 2.07. The number of fused-ring (bicyclic) bond motifs is 1. The summed E-state index contributed by atoms with van der Waals surface area (Å²) >= 11 is 0. The Hall–Kier alpha value is -4.45. The molecule has 0 saturated heterocycles. The second-order valence-electron chi connectivity index (χ2n) is 7.24. The van der Waals surface area contributed by atoms with Crippen molar-refractivity contribution >= 4 is 34.5 Å². The van der Waals surface area contributed by atoms with E-state index in [1.807, 2.05) is 30.3 Å². The first kappa shape index (κ1) is 21.8. The molecule has 33 heavy (non-hydrogen) atoms. The van der Waals surface area contributed by atoms with E-state index in [9.17, 15) is 9.59 Å². The van der Waals surface area contributed by atoms with Gasteiger partial charge in [-0.15, -0.1) is 0 Å². The van der Waals surface area contributed by atoms with Gasteiger partial charge in [0.2, 0.25) is 0 Å². The van der Waals surface area contributed by atoms with E-state index in [2.05, 4.69) is 10.3 Å². The standard InChI is InChI=1S/C27H22N2O4/c1-32-24-14-12-23(13-15-24)29-27(31)22-9-7-19(8-10-22)18-33-25(30)16-11-21-5-2-4-20-6-3-17-28-26(20)21/h2-17H,18H2,1H3,(H,29,31)/b16-11+. The fraction of sp³-hybridized carbons (Fsp3) is 0.0741. The van der Waals surface area contributed by atoms with Gasteiger partial charge in [-0.2, -0.15) is 0 Å². The summed E-state index contributed by atoms with van der Waals surface area (Å²) in [5.74, 6) is 0.0372. The van der Waals surface area contributed by atoms with Gasteiger partial charge in [-0.3, -0.25) is 9.78 Å². The van der Waals surface area contributed by atoms with Gasteiger partial charge in [0.25, 0.3) is 5.91 Å². The maximum absolute atomic E-state index is 12.4. The molecule has 0 spiro atoms. The van der Waals surface area contributed by atoms with Crippen molar-refractivity contribution in [1.82, 2.24) is 4.98 Å². The Morgan fingerprint density at radius 2 is 1.70 bits per heavy atom. The lowest BCUT2D eigenvalue weighted by atomic mass is 10.1. The van der Waals surface area contributed by atoms with E-state index in [1.165, 1.54) is 6.08 Å². The molecule has 6 nitrogen and oxygen atoms in total. The van der Waals surface area contributed by atoms with Gasteiger partial charge in [-0.1, -0.05) is 36.4 Å². The number of para-hydroxylation sites is 1. The van der Waals surface area contributed by atoms with Crippen LogP contribution in [0.1, 0.15) is 21.5 Å². The second kappa shape index (κ2) is 10.2. The van der Waals surface area contributed by atoms with Crippen molar-refractivity contribution < 1.29 is 19.1 Å². The average Bonchev–Trinajstić information content (AvgIpc) is 2.87. The molecule has 3 aromatic carbocycles. The molecule has 6 heteroatoms. The molecule has 0 aliphatic rings. The summed E-state index contributed by atoms with van der Waals surface area (Å²) in [6, 6.07) is 23.6. The van der Waals surface area contributed by atoms with Gasteiger partial charge in [0.05, 0.1) is 12.6 Å². The summed E-state index contributed by atoms with van der Waals surface area (Å²) in [6.45, 7) is 0.108. The van der Waals surface area contributed by atoms with Crippen LogP contribution >= 0.6 is 0 Å². The van der Waals surface area contributed by atoms with Crippen LogP contribution in [0.5, 0.6) is 5.75 Å². The molecule has 1 heterocycles. The number of carbonyl (C=O) groups excluding carboxylic acids is 2.